The predicted octanol–water partition coefficient (Wildman–Crippen LogP) is 6.40. The third-order valence-corrected chi connectivity index (χ3v) is 5.13. The number of rotatable bonds is 2. The normalized spacial score (nSPS) is 12.5. The van der Waals surface area contributed by atoms with Gasteiger partial charge in [-0.1, -0.05) is 57.3 Å². The largest absolute Gasteiger partial charge is 0.0840 e. The van der Waals surface area contributed by atoms with Crippen LogP contribution in [0.2, 0.25) is 10.0 Å². The zero-order valence-corrected chi connectivity index (χ0v) is 14.2. The fraction of sp³-hybridized carbons (Fsp3) is 0.250. The molecule has 0 aliphatic rings. The molecular formula is C16H15BrCl2. The Balaban J connectivity index is 2.46. The van der Waals surface area contributed by atoms with Gasteiger partial charge in [0.1, 0.15) is 0 Å². The van der Waals surface area contributed by atoms with Gasteiger partial charge in [-0.15, -0.1) is 0 Å². The molecule has 0 fully saturated rings. The maximum atomic E-state index is 6.35. The molecule has 0 radical (unpaired) electrons. The van der Waals surface area contributed by atoms with Gasteiger partial charge in [-0.3, -0.25) is 0 Å². The Morgan fingerprint density at radius 3 is 2.11 bits per heavy atom. The van der Waals surface area contributed by atoms with Crippen LogP contribution in [0.1, 0.15) is 32.6 Å². The molecule has 0 heterocycles. The van der Waals surface area contributed by atoms with Crippen LogP contribution < -0.4 is 0 Å². The van der Waals surface area contributed by atoms with Crippen molar-refractivity contribution in [1.82, 2.24) is 0 Å². The maximum Gasteiger partial charge on any atom is 0.0659 e. The fourth-order valence-corrected chi connectivity index (χ4v) is 3.26. The summed E-state index contributed by atoms with van der Waals surface area (Å²) in [6.45, 7) is 6.16. The third-order valence-electron chi connectivity index (χ3n) is 3.37. The van der Waals surface area contributed by atoms with Gasteiger partial charge in [-0.25, -0.2) is 0 Å². The van der Waals surface area contributed by atoms with Crippen molar-refractivity contribution < 1.29 is 0 Å². The van der Waals surface area contributed by atoms with Crippen LogP contribution in [-0.4, -0.2) is 0 Å². The monoisotopic (exact) mass is 356 g/mol. The van der Waals surface area contributed by atoms with Crippen molar-refractivity contribution in [3.8, 4) is 0 Å². The number of benzene rings is 2. The highest BCUT2D eigenvalue weighted by Crippen LogP contribution is 2.37. The Bertz CT molecular complexity index is 620. The van der Waals surface area contributed by atoms with E-state index in [0.717, 1.165) is 26.7 Å². The highest BCUT2D eigenvalue weighted by molar-refractivity contribution is 9.09. The number of alkyl halides is 1. The molecule has 0 amide bonds. The second kappa shape index (κ2) is 5.87. The highest BCUT2D eigenvalue weighted by Gasteiger charge is 2.15. The summed E-state index contributed by atoms with van der Waals surface area (Å²) >= 11 is 16.3. The molecule has 3 heteroatoms. The quantitative estimate of drug-likeness (QED) is 0.545. The molecule has 1 unspecified atom stereocenters. The molecule has 0 aliphatic carbocycles. The zero-order chi connectivity index (χ0) is 14.2. The summed E-state index contributed by atoms with van der Waals surface area (Å²) in [6, 6.07) is 10.2. The van der Waals surface area contributed by atoms with Gasteiger partial charge in [0.15, 0.2) is 0 Å². The van der Waals surface area contributed by atoms with E-state index in [9.17, 15) is 0 Å². The van der Waals surface area contributed by atoms with E-state index in [2.05, 4.69) is 41.9 Å². The van der Waals surface area contributed by atoms with Gasteiger partial charge in [0, 0.05) is 10.0 Å². The Morgan fingerprint density at radius 2 is 1.47 bits per heavy atom. The van der Waals surface area contributed by atoms with Crippen LogP contribution in [-0.2, 0) is 0 Å². The first-order valence-corrected chi connectivity index (χ1v) is 7.74. The summed E-state index contributed by atoms with van der Waals surface area (Å²) in [7, 11) is 0. The minimum atomic E-state index is 0.0531. The summed E-state index contributed by atoms with van der Waals surface area (Å²) in [5, 5.41) is 1.56. The van der Waals surface area contributed by atoms with E-state index in [-0.39, 0.29) is 4.83 Å². The van der Waals surface area contributed by atoms with Gasteiger partial charge in [-0.2, -0.15) is 0 Å². The molecule has 2 rings (SSSR count). The second-order valence-corrected chi connectivity index (χ2v) is 6.56. The molecule has 0 aliphatic heterocycles. The van der Waals surface area contributed by atoms with Gasteiger partial charge in [0.25, 0.3) is 0 Å². The lowest BCUT2D eigenvalue weighted by Gasteiger charge is -2.15. The molecule has 0 N–H and O–H groups in total. The van der Waals surface area contributed by atoms with Crippen LogP contribution >= 0.6 is 39.1 Å². The third kappa shape index (κ3) is 3.16. The lowest BCUT2D eigenvalue weighted by atomic mass is 9.99. The first-order chi connectivity index (χ1) is 8.90. The van der Waals surface area contributed by atoms with Crippen molar-refractivity contribution >= 4 is 39.1 Å². The average molecular weight is 358 g/mol. The summed E-state index contributed by atoms with van der Waals surface area (Å²) < 4.78 is 0. The van der Waals surface area contributed by atoms with Crippen molar-refractivity contribution in [3.05, 3.63) is 68.2 Å². The van der Waals surface area contributed by atoms with Gasteiger partial charge in [0.05, 0.1) is 4.83 Å². The molecule has 0 aromatic heterocycles. The summed E-state index contributed by atoms with van der Waals surface area (Å²) in [5.74, 6) is 0. The smallest absolute Gasteiger partial charge is 0.0659 e. The molecule has 19 heavy (non-hydrogen) atoms. The molecule has 0 saturated heterocycles. The SMILES string of the molecule is Cc1cc(Cl)c(C(Br)c2ccc(C)c(Cl)c2)cc1C. The summed E-state index contributed by atoms with van der Waals surface area (Å²) in [4.78, 5) is 0.0531. The summed E-state index contributed by atoms with van der Waals surface area (Å²) in [6.07, 6.45) is 0. The minimum absolute atomic E-state index is 0.0531. The second-order valence-electron chi connectivity index (χ2n) is 4.83. The molecular weight excluding hydrogens is 343 g/mol. The Kier molecular flexibility index (Phi) is 4.60. The molecule has 0 saturated carbocycles. The lowest BCUT2D eigenvalue weighted by molar-refractivity contribution is 1.15. The molecule has 100 valence electrons. The number of halogens is 3. The van der Waals surface area contributed by atoms with Crippen molar-refractivity contribution in [2.45, 2.75) is 25.6 Å². The van der Waals surface area contributed by atoms with Crippen molar-refractivity contribution in [2.24, 2.45) is 0 Å². The molecule has 2 aromatic carbocycles. The van der Waals surface area contributed by atoms with E-state index in [0.29, 0.717) is 0 Å². The Hall–Kier alpha value is -0.500. The first-order valence-electron chi connectivity index (χ1n) is 6.07. The average Bonchev–Trinajstić information content (AvgIpc) is 2.36. The highest BCUT2D eigenvalue weighted by atomic mass is 79.9. The maximum absolute atomic E-state index is 6.35. The van der Waals surface area contributed by atoms with E-state index >= 15 is 0 Å². The van der Waals surface area contributed by atoms with E-state index in [1.165, 1.54) is 11.1 Å². The molecule has 1 atom stereocenters. The van der Waals surface area contributed by atoms with E-state index in [1.54, 1.807) is 0 Å². The van der Waals surface area contributed by atoms with Gasteiger partial charge >= 0.3 is 0 Å². The number of aryl methyl sites for hydroxylation is 3. The van der Waals surface area contributed by atoms with E-state index in [1.807, 2.05) is 25.1 Å². The van der Waals surface area contributed by atoms with E-state index < -0.39 is 0 Å². The Morgan fingerprint density at radius 1 is 0.842 bits per heavy atom. The van der Waals surface area contributed by atoms with E-state index in [4.69, 9.17) is 23.2 Å². The topological polar surface area (TPSA) is 0 Å². The standard InChI is InChI=1S/C16H15BrCl2/c1-9-4-5-12(8-14(9)18)16(17)13-6-10(2)11(3)7-15(13)19/h4-8,16H,1-3H3. The van der Waals surface area contributed by atoms with Crippen molar-refractivity contribution in [3.63, 3.8) is 0 Å². The predicted molar refractivity (Wildman–Crippen MR) is 87.9 cm³/mol. The molecule has 0 nitrogen and oxygen atoms in total. The summed E-state index contributed by atoms with van der Waals surface area (Å²) in [5.41, 5.74) is 5.71. The molecule has 2 aromatic rings. The zero-order valence-electron chi connectivity index (χ0n) is 11.1. The number of hydrogen-bond donors (Lipinski definition) is 0. The molecule has 0 spiro atoms. The van der Waals surface area contributed by atoms with Crippen LogP contribution in [0.5, 0.6) is 0 Å². The van der Waals surface area contributed by atoms with Crippen molar-refractivity contribution in [1.29, 1.82) is 0 Å². The van der Waals surface area contributed by atoms with Crippen LogP contribution in [0.15, 0.2) is 30.3 Å². The lowest BCUT2D eigenvalue weighted by Crippen LogP contribution is -1.96. The fourth-order valence-electron chi connectivity index (χ4n) is 1.94. The van der Waals surface area contributed by atoms with Gasteiger partial charge < -0.3 is 0 Å². The number of hydrogen-bond acceptors (Lipinski definition) is 0. The van der Waals surface area contributed by atoms with Gasteiger partial charge in [-0.05, 0) is 60.7 Å². The van der Waals surface area contributed by atoms with Crippen LogP contribution in [0, 0.1) is 20.8 Å². The first kappa shape index (κ1) is 14.9. The molecule has 0 bridgehead atoms. The van der Waals surface area contributed by atoms with Crippen LogP contribution in [0.3, 0.4) is 0 Å². The Labute approximate surface area is 132 Å². The minimum Gasteiger partial charge on any atom is -0.0840 e. The van der Waals surface area contributed by atoms with Crippen LogP contribution in [0.25, 0.3) is 0 Å². The van der Waals surface area contributed by atoms with Crippen LogP contribution in [0.4, 0.5) is 0 Å². The van der Waals surface area contributed by atoms with Crippen molar-refractivity contribution in [2.75, 3.05) is 0 Å². The van der Waals surface area contributed by atoms with Gasteiger partial charge in [0.2, 0.25) is 0 Å².